The first-order chi connectivity index (χ1) is 22.8. The molecule has 10 nitrogen and oxygen atoms in total. The molecule has 2 aliphatic heterocycles. The maximum atomic E-state index is 16.3. The number of hydrogen-bond acceptors (Lipinski definition) is 7. The second-order valence-electron chi connectivity index (χ2n) is 13.1. The number of nitrogens with zero attached hydrogens (tertiary/aromatic N) is 2. The molecule has 1 spiro atoms. The summed E-state index contributed by atoms with van der Waals surface area (Å²) in [4.78, 5) is 43.6. The molecule has 3 aromatic rings. The van der Waals surface area contributed by atoms with E-state index in [-0.39, 0.29) is 44.5 Å². The fourth-order valence-electron chi connectivity index (χ4n) is 7.15. The molecule has 3 N–H and O–H groups in total. The first-order valence-corrected chi connectivity index (χ1v) is 19.1. The smallest absolute Gasteiger partial charge is 0.264 e. The van der Waals surface area contributed by atoms with Gasteiger partial charge in [0.1, 0.15) is 11.9 Å². The highest BCUT2D eigenvalue weighted by atomic mass is 28.4. The van der Waals surface area contributed by atoms with Crippen molar-refractivity contribution in [2.75, 3.05) is 30.5 Å². The number of aliphatic hydroxyl groups is 2. The Kier molecular flexibility index (Phi) is 10.4. The molecule has 5 rings (SSSR count). The monoisotopic (exact) mass is 677 g/mol. The molecule has 0 aliphatic carbocycles. The van der Waals surface area contributed by atoms with Gasteiger partial charge in [-0.2, -0.15) is 0 Å². The summed E-state index contributed by atoms with van der Waals surface area (Å²) >= 11 is 0. The number of anilines is 2. The zero-order valence-corrected chi connectivity index (χ0v) is 29.0. The van der Waals surface area contributed by atoms with E-state index in [1.807, 2.05) is 37.3 Å². The molecule has 0 bridgehead atoms. The highest BCUT2D eigenvalue weighted by Crippen LogP contribution is 2.60. The summed E-state index contributed by atoms with van der Waals surface area (Å²) in [6.07, 6.45) is -2.18. The van der Waals surface area contributed by atoms with E-state index in [0.29, 0.717) is 22.7 Å². The first kappa shape index (κ1) is 35.2. The van der Waals surface area contributed by atoms with Crippen LogP contribution < -0.4 is 15.0 Å². The molecule has 2 heterocycles. The number of ether oxygens (including phenoxy) is 2. The van der Waals surface area contributed by atoms with E-state index in [1.54, 1.807) is 65.4 Å². The van der Waals surface area contributed by atoms with Crippen molar-refractivity contribution in [3.8, 4) is 5.75 Å². The normalized spacial score (nSPS) is 22.5. The van der Waals surface area contributed by atoms with Gasteiger partial charge in [0.25, 0.3) is 11.8 Å². The molecule has 0 saturated carbocycles. The molecule has 3 aromatic carbocycles. The molecular formula is C36H44FN3O7Si. The van der Waals surface area contributed by atoms with E-state index < -0.39 is 43.6 Å². The van der Waals surface area contributed by atoms with Gasteiger partial charge in [0.2, 0.25) is 14.3 Å². The lowest BCUT2D eigenvalue weighted by Crippen LogP contribution is -2.45. The Morgan fingerprint density at radius 2 is 1.79 bits per heavy atom. The average Bonchev–Trinajstić information content (AvgIpc) is 3.47. The minimum Gasteiger partial charge on any atom is -0.497 e. The Morgan fingerprint density at radius 3 is 2.40 bits per heavy atom. The zero-order chi connectivity index (χ0) is 34.8. The maximum Gasteiger partial charge on any atom is 0.264 e. The Balaban J connectivity index is 1.48. The number of nitrogens with one attached hydrogen (secondary N) is 1. The Hall–Kier alpha value is -4.10. The van der Waals surface area contributed by atoms with Crippen LogP contribution in [0, 0.1) is 5.92 Å². The molecule has 48 heavy (non-hydrogen) atoms. The van der Waals surface area contributed by atoms with Crippen LogP contribution in [-0.4, -0.2) is 73.7 Å². The van der Waals surface area contributed by atoms with Gasteiger partial charge in [0.05, 0.1) is 38.5 Å². The lowest BCUT2D eigenvalue weighted by Gasteiger charge is -2.31. The van der Waals surface area contributed by atoms with Crippen molar-refractivity contribution in [1.82, 2.24) is 4.90 Å². The van der Waals surface area contributed by atoms with E-state index in [4.69, 9.17) is 9.47 Å². The molecule has 5 atom stereocenters. The van der Waals surface area contributed by atoms with Crippen LogP contribution in [0.2, 0.25) is 18.6 Å². The zero-order valence-electron chi connectivity index (χ0n) is 28.0. The second kappa shape index (κ2) is 14.2. The lowest BCUT2D eigenvalue weighted by atomic mass is 9.82. The minimum absolute atomic E-state index is 0.108. The van der Waals surface area contributed by atoms with Crippen LogP contribution in [0.3, 0.4) is 0 Å². The van der Waals surface area contributed by atoms with Crippen molar-refractivity contribution in [1.29, 1.82) is 0 Å². The van der Waals surface area contributed by atoms with Crippen LogP contribution in [0.5, 0.6) is 5.75 Å². The molecule has 0 unspecified atom stereocenters. The van der Waals surface area contributed by atoms with Gasteiger partial charge in [0.15, 0.2) is 5.60 Å². The number of amides is 3. The van der Waals surface area contributed by atoms with Crippen LogP contribution in [0.25, 0.3) is 0 Å². The Morgan fingerprint density at radius 1 is 1.10 bits per heavy atom. The van der Waals surface area contributed by atoms with E-state index in [9.17, 15) is 24.6 Å². The Bertz CT molecular complexity index is 1630. The van der Waals surface area contributed by atoms with Gasteiger partial charge in [-0.1, -0.05) is 49.4 Å². The van der Waals surface area contributed by atoms with Crippen LogP contribution in [0.1, 0.15) is 37.0 Å². The van der Waals surface area contributed by atoms with E-state index >= 15 is 4.11 Å². The van der Waals surface area contributed by atoms with Gasteiger partial charge in [-0.3, -0.25) is 14.4 Å². The fraction of sp³-hybridized carbons (Fsp3) is 0.417. The summed E-state index contributed by atoms with van der Waals surface area (Å²) in [7, 11) is -2.00. The second-order valence-corrected chi connectivity index (χ2v) is 16.9. The molecule has 1 fully saturated rings. The molecule has 256 valence electrons. The highest BCUT2D eigenvalue weighted by molar-refractivity contribution is 6.72. The average molecular weight is 678 g/mol. The number of halogens is 1. The van der Waals surface area contributed by atoms with Crippen molar-refractivity contribution < 1.29 is 38.2 Å². The third-order valence-corrected chi connectivity index (χ3v) is 11.9. The van der Waals surface area contributed by atoms with Crippen LogP contribution >= 0.6 is 0 Å². The molecule has 0 aromatic heterocycles. The first-order valence-electron chi connectivity index (χ1n) is 16.2. The summed E-state index contributed by atoms with van der Waals surface area (Å²) < 4.78 is 28.7. The van der Waals surface area contributed by atoms with Crippen molar-refractivity contribution >= 4 is 37.5 Å². The van der Waals surface area contributed by atoms with E-state index in [2.05, 4.69) is 5.32 Å². The molecule has 3 amide bonds. The third-order valence-electron chi connectivity index (χ3n) is 9.42. The Labute approximate surface area is 281 Å². The minimum atomic E-state index is -3.53. The van der Waals surface area contributed by atoms with Crippen molar-refractivity contribution in [2.45, 2.75) is 69.8 Å². The van der Waals surface area contributed by atoms with E-state index in [1.165, 1.54) is 14.0 Å². The fourth-order valence-corrected chi connectivity index (χ4v) is 9.64. The van der Waals surface area contributed by atoms with Crippen molar-refractivity contribution in [3.63, 3.8) is 0 Å². The third kappa shape index (κ3) is 6.88. The number of methoxy groups -OCH3 is 1. The van der Waals surface area contributed by atoms with Crippen molar-refractivity contribution in [3.05, 3.63) is 89.5 Å². The topological polar surface area (TPSA) is 129 Å². The van der Waals surface area contributed by atoms with Gasteiger partial charge in [-0.25, -0.2) is 0 Å². The maximum absolute atomic E-state index is 16.3. The molecule has 12 heteroatoms. The molecule has 1 saturated heterocycles. The predicted octanol–water partition coefficient (Wildman–Crippen LogP) is 4.75. The van der Waals surface area contributed by atoms with Gasteiger partial charge in [-0.05, 0) is 61.5 Å². The summed E-state index contributed by atoms with van der Waals surface area (Å²) in [6.45, 7) is 6.72. The SMILES string of the molecule is COc1ccc2c(c1)[C@@]1(O[C@H](CC(=O)N(CCO)Cc3ccccc3)[C@@H]([Si](C)(C)F)[C@@H]1C)C(=O)N2Cc1ccc(NC(=O)[C@H](C)O)cc1. The summed E-state index contributed by atoms with van der Waals surface area (Å²) in [5, 5.41) is 21.9. The van der Waals surface area contributed by atoms with Gasteiger partial charge >= 0.3 is 0 Å². The number of hydrogen-bond donors (Lipinski definition) is 3. The largest absolute Gasteiger partial charge is 0.497 e. The molecule has 2 aliphatic rings. The number of rotatable bonds is 12. The highest BCUT2D eigenvalue weighted by Gasteiger charge is 2.67. The summed E-state index contributed by atoms with van der Waals surface area (Å²) in [5.74, 6) is -1.26. The number of benzene rings is 3. The number of aliphatic hydroxyl groups excluding tert-OH is 2. The standard InChI is InChI=1S/C36H44FN3O7Si/c1-23-33(48(4,5)37)31(20-32(43)39(17-18-41)21-25-9-7-6-8-10-25)47-36(23)29-19-28(46-3)15-16-30(29)40(35(36)45)22-26-11-13-27(14-12-26)38-34(44)24(2)42/h6-16,19,23-24,31,33,41-42H,17-18,20-22H2,1-5H3,(H,38,44)/t23-,24-,31+,33-,36+/m0/s1. The number of carbonyl (C=O) groups excluding carboxylic acids is 3. The lowest BCUT2D eigenvalue weighted by molar-refractivity contribution is -0.150. The van der Waals surface area contributed by atoms with Gasteiger partial charge < -0.3 is 38.9 Å². The van der Waals surface area contributed by atoms with Crippen LogP contribution in [-0.2, 0) is 37.8 Å². The number of fused-ring (bicyclic) bond motifs is 2. The van der Waals surface area contributed by atoms with Gasteiger partial charge in [-0.15, -0.1) is 0 Å². The van der Waals surface area contributed by atoms with Crippen molar-refractivity contribution in [2.24, 2.45) is 5.92 Å². The molecular weight excluding hydrogens is 633 g/mol. The van der Waals surface area contributed by atoms with E-state index in [0.717, 1.165) is 11.1 Å². The quantitative estimate of drug-likeness (QED) is 0.187. The van der Waals surface area contributed by atoms with Crippen LogP contribution in [0.4, 0.5) is 15.5 Å². The summed E-state index contributed by atoms with van der Waals surface area (Å²) in [5.41, 5.74) is 1.10. The van der Waals surface area contributed by atoms with Gasteiger partial charge in [0, 0.05) is 35.8 Å². The predicted molar refractivity (Wildman–Crippen MR) is 183 cm³/mol. The molecule has 0 radical (unpaired) electrons. The number of carbonyl (C=O) groups is 3. The van der Waals surface area contributed by atoms with Crippen LogP contribution in [0.15, 0.2) is 72.8 Å². The summed E-state index contributed by atoms with van der Waals surface area (Å²) in [6, 6.07) is 21.7.